The smallest absolute Gasteiger partial charge is 0.206 e. The van der Waals surface area contributed by atoms with Gasteiger partial charge in [-0.2, -0.15) is 0 Å². The van der Waals surface area contributed by atoms with Crippen molar-refractivity contribution in [1.82, 2.24) is 0 Å². The summed E-state index contributed by atoms with van der Waals surface area (Å²) < 4.78 is 0. The number of aliphatic hydroxyl groups excluding tert-OH is 1. The third kappa shape index (κ3) is 2.76. The molecule has 5 N–H and O–H groups in total. The van der Waals surface area contributed by atoms with E-state index in [1.54, 1.807) is 6.92 Å². The third-order valence-corrected chi connectivity index (χ3v) is 7.19. The van der Waals surface area contributed by atoms with Crippen LogP contribution < -0.4 is 5.73 Å². The van der Waals surface area contributed by atoms with Gasteiger partial charge in [0.1, 0.15) is 11.5 Å². The summed E-state index contributed by atoms with van der Waals surface area (Å²) in [7, 11) is 0. The van der Waals surface area contributed by atoms with Gasteiger partial charge < -0.3 is 21.1 Å². The lowest BCUT2D eigenvalue weighted by Gasteiger charge is -2.46. The molecule has 0 bridgehead atoms. The van der Waals surface area contributed by atoms with E-state index < -0.39 is 40.5 Å². The number of rotatable bonds is 3. The second-order valence-corrected chi connectivity index (χ2v) is 8.89. The van der Waals surface area contributed by atoms with Gasteiger partial charge in [-0.25, -0.2) is 0 Å². The minimum Gasteiger partial charge on any atom is -0.507 e. The lowest BCUT2D eigenvalue weighted by molar-refractivity contribution is -0.157. The number of carbonyl (C=O) groups excluding carboxylic acids is 3. The molecule has 164 valence electrons. The predicted molar refractivity (Wildman–Crippen MR) is 113 cm³/mol. The van der Waals surface area contributed by atoms with Gasteiger partial charge in [-0.05, 0) is 56.6 Å². The van der Waals surface area contributed by atoms with E-state index in [4.69, 9.17) is 5.73 Å². The van der Waals surface area contributed by atoms with Crippen molar-refractivity contribution < 1.29 is 29.7 Å². The van der Waals surface area contributed by atoms with Crippen LogP contribution in [0.2, 0.25) is 0 Å². The van der Waals surface area contributed by atoms with Crippen molar-refractivity contribution in [3.05, 3.63) is 45.0 Å². The zero-order chi connectivity index (χ0) is 22.8. The Hall–Kier alpha value is -2.77. The van der Waals surface area contributed by atoms with Crippen LogP contribution in [0.1, 0.15) is 55.9 Å². The minimum absolute atomic E-state index is 0.0476. The van der Waals surface area contributed by atoms with Gasteiger partial charge in [-0.1, -0.05) is 18.6 Å². The monoisotopic (exact) mass is 425 g/mol. The number of Topliss-reactive ketones (excluding diaryl/α,β-unsaturated/α-hetero) is 3. The summed E-state index contributed by atoms with van der Waals surface area (Å²) >= 11 is 0. The van der Waals surface area contributed by atoms with Crippen molar-refractivity contribution in [3.63, 3.8) is 0 Å². The summed E-state index contributed by atoms with van der Waals surface area (Å²) in [5.41, 5.74) is 6.06. The van der Waals surface area contributed by atoms with Crippen LogP contribution in [-0.2, 0) is 33.8 Å². The number of hydrogen-bond acceptors (Lipinski definition) is 7. The summed E-state index contributed by atoms with van der Waals surface area (Å²) in [6, 6.07) is 1.82. The molecule has 0 unspecified atom stereocenters. The van der Waals surface area contributed by atoms with Crippen LogP contribution in [0.25, 0.3) is 5.76 Å². The zero-order valence-electron chi connectivity index (χ0n) is 17.9. The molecule has 0 spiro atoms. The van der Waals surface area contributed by atoms with E-state index in [1.165, 1.54) is 6.92 Å². The summed E-state index contributed by atoms with van der Waals surface area (Å²) in [4.78, 5) is 38.7. The van der Waals surface area contributed by atoms with E-state index in [0.29, 0.717) is 30.4 Å². The number of fused-ring (bicyclic) bond motifs is 3. The third-order valence-electron chi connectivity index (χ3n) is 7.19. The summed E-state index contributed by atoms with van der Waals surface area (Å²) in [6.07, 6.45) is 1.65. The number of aliphatic hydroxyl groups is 2. The number of phenols is 1. The van der Waals surface area contributed by atoms with Gasteiger partial charge in [-0.3, -0.25) is 14.4 Å². The number of hydrogen-bond donors (Lipinski definition) is 4. The van der Waals surface area contributed by atoms with Crippen LogP contribution in [-0.4, -0.2) is 38.3 Å². The highest BCUT2D eigenvalue weighted by atomic mass is 16.3. The molecule has 1 aromatic carbocycles. The fourth-order valence-electron chi connectivity index (χ4n) is 5.70. The van der Waals surface area contributed by atoms with Gasteiger partial charge in [0.15, 0.2) is 11.4 Å². The Labute approximate surface area is 180 Å². The summed E-state index contributed by atoms with van der Waals surface area (Å²) in [5.74, 6) is -3.90. The summed E-state index contributed by atoms with van der Waals surface area (Å²) in [5, 5.41) is 33.2. The highest BCUT2D eigenvalue weighted by molar-refractivity contribution is 6.33. The van der Waals surface area contributed by atoms with E-state index in [1.807, 2.05) is 13.0 Å². The molecule has 0 radical (unpaired) electrons. The molecule has 0 saturated heterocycles. The molecule has 1 aromatic rings. The molecule has 0 aliphatic heterocycles. The molecule has 7 nitrogen and oxygen atoms in total. The van der Waals surface area contributed by atoms with Gasteiger partial charge >= 0.3 is 0 Å². The van der Waals surface area contributed by atoms with Crippen molar-refractivity contribution in [2.75, 3.05) is 0 Å². The van der Waals surface area contributed by atoms with Gasteiger partial charge in [-0.15, -0.1) is 0 Å². The maximum absolute atomic E-state index is 13.5. The second kappa shape index (κ2) is 7.14. The van der Waals surface area contributed by atoms with Crippen LogP contribution in [0.4, 0.5) is 0 Å². The molecule has 7 heteroatoms. The lowest BCUT2D eigenvalue weighted by atomic mass is 9.57. The number of allylic oxidation sites excluding steroid dienone is 1. The number of aryl methyl sites for hydroxylation is 1. The molecule has 4 rings (SSSR count). The first-order chi connectivity index (χ1) is 14.6. The Morgan fingerprint density at radius 2 is 1.87 bits per heavy atom. The average molecular weight is 425 g/mol. The number of ketones is 3. The van der Waals surface area contributed by atoms with Crippen molar-refractivity contribution in [2.45, 2.75) is 58.6 Å². The Morgan fingerprint density at radius 3 is 2.45 bits per heavy atom. The fraction of sp³-hybridized carbons (Fsp3) is 0.458. The van der Waals surface area contributed by atoms with E-state index in [9.17, 15) is 29.7 Å². The van der Waals surface area contributed by atoms with Gasteiger partial charge in [0.25, 0.3) is 0 Å². The predicted octanol–water partition coefficient (Wildman–Crippen LogP) is 2.05. The van der Waals surface area contributed by atoms with Crippen molar-refractivity contribution in [2.24, 2.45) is 17.6 Å². The number of benzene rings is 1. The Balaban J connectivity index is 1.93. The molecule has 0 heterocycles. The van der Waals surface area contributed by atoms with Gasteiger partial charge in [0, 0.05) is 23.6 Å². The van der Waals surface area contributed by atoms with Crippen molar-refractivity contribution in [3.8, 4) is 5.75 Å². The first kappa shape index (κ1) is 21.5. The quantitative estimate of drug-likeness (QED) is 0.429. The fourth-order valence-corrected chi connectivity index (χ4v) is 5.70. The van der Waals surface area contributed by atoms with E-state index in [0.717, 1.165) is 11.1 Å². The van der Waals surface area contributed by atoms with Crippen LogP contribution in [0.15, 0.2) is 22.8 Å². The molecular weight excluding hydrogens is 398 g/mol. The standard InChI is InChI=1S/C24H27NO6/c1-4-12-6-14(9-25)20(27)19-16(12)8-13-7-15-5-10(2)17(11(3)26)22(29)24(15,31)23(30)18(13)21(19)28/h6,13,15,27-28,31H,4-5,7-9,25H2,1-3H3/t13-,15-,24-/m1/s1. The second-order valence-electron chi connectivity index (χ2n) is 8.89. The SMILES string of the molecule is CCc1cc(CN)c(O)c2c1C[C@H]1C[C@H]3CC(C)=C(C(C)=O)C(=O)[C@@]3(O)C(=O)C1=C2O. The number of carbonyl (C=O) groups is 3. The Morgan fingerprint density at radius 1 is 1.19 bits per heavy atom. The van der Waals surface area contributed by atoms with E-state index >= 15 is 0 Å². The molecular formula is C24H27NO6. The summed E-state index contributed by atoms with van der Waals surface area (Å²) in [6.45, 7) is 4.94. The van der Waals surface area contributed by atoms with Crippen LogP contribution >= 0.6 is 0 Å². The largest absolute Gasteiger partial charge is 0.507 e. The Kier molecular flexibility index (Phi) is 4.94. The number of aromatic hydroxyl groups is 1. The zero-order valence-corrected chi connectivity index (χ0v) is 17.9. The van der Waals surface area contributed by atoms with Crippen molar-refractivity contribution >= 4 is 23.1 Å². The van der Waals surface area contributed by atoms with Crippen LogP contribution in [0.3, 0.4) is 0 Å². The maximum atomic E-state index is 13.5. The number of phenolic OH excluding ortho intramolecular Hbond substituents is 1. The van der Waals surface area contributed by atoms with Crippen molar-refractivity contribution in [1.29, 1.82) is 0 Å². The molecule has 0 amide bonds. The molecule has 0 aromatic heterocycles. The molecule has 3 aliphatic rings. The van der Waals surface area contributed by atoms with E-state index in [2.05, 4.69) is 0 Å². The number of nitrogens with two attached hydrogens (primary N) is 1. The molecule has 31 heavy (non-hydrogen) atoms. The highest BCUT2D eigenvalue weighted by Crippen LogP contribution is 2.52. The maximum Gasteiger partial charge on any atom is 0.206 e. The Bertz CT molecular complexity index is 1110. The molecule has 1 fully saturated rings. The normalized spacial score (nSPS) is 27.8. The molecule has 3 atom stereocenters. The first-order valence-corrected chi connectivity index (χ1v) is 10.6. The van der Waals surface area contributed by atoms with Gasteiger partial charge in [0.2, 0.25) is 11.6 Å². The topological polar surface area (TPSA) is 138 Å². The minimum atomic E-state index is -2.38. The molecule has 3 aliphatic carbocycles. The van der Waals surface area contributed by atoms with Gasteiger partial charge in [0.05, 0.1) is 11.1 Å². The van der Waals surface area contributed by atoms with Crippen LogP contribution in [0, 0.1) is 11.8 Å². The van der Waals surface area contributed by atoms with E-state index in [-0.39, 0.29) is 35.4 Å². The lowest BCUT2D eigenvalue weighted by Crippen LogP contribution is -2.61. The highest BCUT2D eigenvalue weighted by Gasteiger charge is 2.60. The van der Waals surface area contributed by atoms with Crippen LogP contribution in [0.5, 0.6) is 5.75 Å². The average Bonchev–Trinajstić information content (AvgIpc) is 2.70. The first-order valence-electron chi connectivity index (χ1n) is 10.6. The molecule has 1 saturated carbocycles.